The highest BCUT2D eigenvalue weighted by atomic mass is 32.2. The van der Waals surface area contributed by atoms with Crippen LogP contribution in [0, 0.1) is 10.1 Å². The van der Waals surface area contributed by atoms with Gasteiger partial charge in [-0.1, -0.05) is 19.9 Å². The summed E-state index contributed by atoms with van der Waals surface area (Å²) in [7, 11) is -3.56. The Hall–Kier alpha value is -2.52. The first-order valence-corrected chi connectivity index (χ1v) is 8.80. The van der Waals surface area contributed by atoms with Crippen LogP contribution in [-0.2, 0) is 10.0 Å². The van der Waals surface area contributed by atoms with Crippen LogP contribution in [0.5, 0.6) is 0 Å². The SMILES string of the molecule is CCN(CC)S(=O)(=O)c1ccc(Nc2cccc([N+](=O)[O-])c2)nc1. The number of anilines is 2. The number of nitro groups is 1. The molecule has 0 spiro atoms. The van der Waals surface area contributed by atoms with E-state index in [-0.39, 0.29) is 10.6 Å². The van der Waals surface area contributed by atoms with E-state index >= 15 is 0 Å². The molecule has 0 aliphatic carbocycles. The van der Waals surface area contributed by atoms with Crippen molar-refractivity contribution in [3.63, 3.8) is 0 Å². The molecule has 0 aliphatic rings. The Morgan fingerprint density at radius 2 is 1.92 bits per heavy atom. The summed E-state index contributed by atoms with van der Waals surface area (Å²) in [5.74, 6) is 0.397. The first-order chi connectivity index (χ1) is 11.4. The van der Waals surface area contributed by atoms with Crippen molar-refractivity contribution in [2.24, 2.45) is 0 Å². The zero-order valence-electron chi connectivity index (χ0n) is 13.3. The lowest BCUT2D eigenvalue weighted by molar-refractivity contribution is -0.384. The summed E-state index contributed by atoms with van der Waals surface area (Å²) in [6.07, 6.45) is 1.27. The molecule has 0 atom stereocenters. The largest absolute Gasteiger partial charge is 0.340 e. The molecule has 128 valence electrons. The Kier molecular flexibility index (Phi) is 5.47. The summed E-state index contributed by atoms with van der Waals surface area (Å²) >= 11 is 0. The van der Waals surface area contributed by atoms with Crippen LogP contribution in [-0.4, -0.2) is 35.7 Å². The number of hydrogen-bond acceptors (Lipinski definition) is 6. The highest BCUT2D eigenvalue weighted by Gasteiger charge is 2.21. The van der Waals surface area contributed by atoms with Gasteiger partial charge in [-0.15, -0.1) is 0 Å². The Morgan fingerprint density at radius 1 is 1.21 bits per heavy atom. The molecular weight excluding hydrogens is 332 g/mol. The first kappa shape index (κ1) is 17.8. The number of rotatable bonds is 7. The van der Waals surface area contributed by atoms with Crippen LogP contribution < -0.4 is 5.32 Å². The number of pyridine rings is 1. The number of benzene rings is 1. The average Bonchev–Trinajstić information content (AvgIpc) is 2.56. The van der Waals surface area contributed by atoms with Gasteiger partial charge in [0.05, 0.1) is 4.92 Å². The molecule has 0 radical (unpaired) electrons. The average molecular weight is 350 g/mol. The first-order valence-electron chi connectivity index (χ1n) is 7.36. The molecular formula is C15H18N4O4S. The van der Waals surface area contributed by atoms with Gasteiger partial charge in [0.1, 0.15) is 10.7 Å². The number of non-ortho nitro benzene ring substituents is 1. The zero-order chi connectivity index (χ0) is 17.7. The van der Waals surface area contributed by atoms with E-state index in [0.717, 1.165) is 0 Å². The topological polar surface area (TPSA) is 105 Å². The lowest BCUT2D eigenvalue weighted by Crippen LogP contribution is -2.30. The van der Waals surface area contributed by atoms with Gasteiger partial charge in [0, 0.05) is 37.1 Å². The molecule has 8 nitrogen and oxygen atoms in total. The van der Waals surface area contributed by atoms with E-state index in [4.69, 9.17) is 0 Å². The number of nitrogens with zero attached hydrogens (tertiary/aromatic N) is 3. The van der Waals surface area contributed by atoms with Gasteiger partial charge >= 0.3 is 0 Å². The summed E-state index contributed by atoms with van der Waals surface area (Å²) in [5, 5.41) is 13.7. The smallest absolute Gasteiger partial charge is 0.271 e. The Bertz CT molecular complexity index is 818. The second-order valence-electron chi connectivity index (χ2n) is 4.90. The second-order valence-corrected chi connectivity index (χ2v) is 6.84. The third-order valence-electron chi connectivity index (χ3n) is 3.41. The highest BCUT2D eigenvalue weighted by molar-refractivity contribution is 7.89. The van der Waals surface area contributed by atoms with Gasteiger partial charge in [-0.2, -0.15) is 4.31 Å². The molecule has 2 aromatic rings. The van der Waals surface area contributed by atoms with E-state index < -0.39 is 14.9 Å². The fourth-order valence-electron chi connectivity index (χ4n) is 2.16. The lowest BCUT2D eigenvalue weighted by Gasteiger charge is -2.18. The van der Waals surface area contributed by atoms with Gasteiger partial charge in [0.15, 0.2) is 0 Å². The molecule has 2 rings (SSSR count). The Morgan fingerprint density at radius 3 is 2.46 bits per heavy atom. The molecule has 0 aliphatic heterocycles. The van der Waals surface area contributed by atoms with Crippen LogP contribution in [0.2, 0.25) is 0 Å². The third kappa shape index (κ3) is 3.87. The van der Waals surface area contributed by atoms with E-state index in [1.54, 1.807) is 26.0 Å². The number of nitrogens with one attached hydrogen (secondary N) is 1. The number of aromatic nitrogens is 1. The summed E-state index contributed by atoms with van der Waals surface area (Å²) in [6, 6.07) is 8.96. The van der Waals surface area contributed by atoms with Crippen molar-refractivity contribution in [3.8, 4) is 0 Å². The molecule has 1 heterocycles. The van der Waals surface area contributed by atoms with Gasteiger partial charge in [-0.25, -0.2) is 13.4 Å². The summed E-state index contributed by atoms with van der Waals surface area (Å²) in [5.41, 5.74) is 0.455. The van der Waals surface area contributed by atoms with E-state index in [0.29, 0.717) is 24.6 Å². The van der Waals surface area contributed by atoms with Crippen molar-refractivity contribution in [1.82, 2.24) is 9.29 Å². The van der Waals surface area contributed by atoms with E-state index in [1.165, 1.54) is 34.8 Å². The van der Waals surface area contributed by atoms with Gasteiger partial charge in [-0.3, -0.25) is 10.1 Å². The Labute approximate surface area is 140 Å². The van der Waals surface area contributed by atoms with Crippen molar-refractivity contribution in [2.75, 3.05) is 18.4 Å². The normalized spacial score (nSPS) is 11.5. The van der Waals surface area contributed by atoms with Gasteiger partial charge in [0.2, 0.25) is 10.0 Å². The molecule has 0 unspecified atom stereocenters. The lowest BCUT2D eigenvalue weighted by atomic mass is 10.3. The van der Waals surface area contributed by atoms with Crippen molar-refractivity contribution >= 4 is 27.2 Å². The van der Waals surface area contributed by atoms with Crippen molar-refractivity contribution in [3.05, 3.63) is 52.7 Å². The van der Waals surface area contributed by atoms with E-state index in [9.17, 15) is 18.5 Å². The maximum Gasteiger partial charge on any atom is 0.271 e. The maximum atomic E-state index is 12.4. The van der Waals surface area contributed by atoms with Gasteiger partial charge in [0.25, 0.3) is 5.69 Å². The minimum absolute atomic E-state index is 0.0410. The molecule has 1 N–H and O–H groups in total. The van der Waals surface area contributed by atoms with Gasteiger partial charge < -0.3 is 5.32 Å². The van der Waals surface area contributed by atoms with E-state index in [2.05, 4.69) is 10.3 Å². The van der Waals surface area contributed by atoms with Crippen LogP contribution in [0.25, 0.3) is 0 Å². The summed E-state index contributed by atoms with van der Waals surface area (Å²) < 4.78 is 26.1. The zero-order valence-corrected chi connectivity index (χ0v) is 14.2. The quantitative estimate of drug-likeness (QED) is 0.608. The number of nitro benzene ring substituents is 1. The maximum absolute atomic E-state index is 12.4. The molecule has 24 heavy (non-hydrogen) atoms. The van der Waals surface area contributed by atoms with Crippen LogP contribution in [0.3, 0.4) is 0 Å². The molecule has 9 heteroatoms. The summed E-state index contributed by atoms with van der Waals surface area (Å²) in [4.78, 5) is 14.5. The van der Waals surface area contributed by atoms with Crippen LogP contribution in [0.4, 0.5) is 17.2 Å². The fourth-order valence-corrected chi connectivity index (χ4v) is 3.57. The molecule has 1 aromatic carbocycles. The monoisotopic (exact) mass is 350 g/mol. The second kappa shape index (κ2) is 7.37. The molecule has 0 saturated heterocycles. The van der Waals surface area contributed by atoms with E-state index in [1.807, 2.05) is 0 Å². The molecule has 0 fully saturated rings. The fraction of sp³-hybridized carbons (Fsp3) is 0.267. The summed E-state index contributed by atoms with van der Waals surface area (Å²) in [6.45, 7) is 4.30. The van der Waals surface area contributed by atoms with Crippen LogP contribution >= 0.6 is 0 Å². The van der Waals surface area contributed by atoms with Crippen molar-refractivity contribution in [2.45, 2.75) is 18.7 Å². The standard InChI is InChI=1S/C15H18N4O4S/c1-3-18(4-2)24(22,23)14-8-9-15(16-11-14)17-12-6-5-7-13(10-12)19(20)21/h5-11H,3-4H2,1-2H3,(H,16,17). The third-order valence-corrected chi connectivity index (χ3v) is 5.44. The van der Waals surface area contributed by atoms with Crippen LogP contribution in [0.1, 0.15) is 13.8 Å². The molecule has 0 saturated carbocycles. The van der Waals surface area contributed by atoms with Crippen molar-refractivity contribution in [1.29, 1.82) is 0 Å². The highest BCUT2D eigenvalue weighted by Crippen LogP contribution is 2.21. The minimum atomic E-state index is -3.56. The molecule has 0 bridgehead atoms. The minimum Gasteiger partial charge on any atom is -0.340 e. The Balaban J connectivity index is 2.21. The predicted molar refractivity (Wildman–Crippen MR) is 90.7 cm³/mol. The number of sulfonamides is 1. The number of hydrogen-bond donors (Lipinski definition) is 1. The molecule has 1 aromatic heterocycles. The molecule has 0 amide bonds. The van der Waals surface area contributed by atoms with Crippen LogP contribution in [0.15, 0.2) is 47.5 Å². The predicted octanol–water partition coefficient (Wildman–Crippen LogP) is 2.76. The van der Waals surface area contributed by atoms with Gasteiger partial charge in [-0.05, 0) is 18.2 Å². The van der Waals surface area contributed by atoms with Crippen molar-refractivity contribution < 1.29 is 13.3 Å².